The summed E-state index contributed by atoms with van der Waals surface area (Å²) < 4.78 is 1.36. The zero-order valence-electron chi connectivity index (χ0n) is 15.7. The normalized spacial score (nSPS) is 10.9. The highest BCUT2D eigenvalue weighted by Gasteiger charge is 2.14. The van der Waals surface area contributed by atoms with E-state index in [-0.39, 0.29) is 30.1 Å². The summed E-state index contributed by atoms with van der Waals surface area (Å²) in [6.07, 6.45) is 1.66. The first kappa shape index (κ1) is 20.1. The molecule has 1 amide bonds. The summed E-state index contributed by atoms with van der Waals surface area (Å²) in [6.45, 7) is 0.344. The van der Waals surface area contributed by atoms with Crippen LogP contribution in [-0.2, 0) is 13.1 Å². The molecular weight excluding hydrogens is 423 g/mol. The summed E-state index contributed by atoms with van der Waals surface area (Å²) in [5.41, 5.74) is 1.33. The number of carbonyl (C=O) groups excluding carboxylic acids is 1. The molecule has 2 aromatic carbocycles. The molecule has 8 heteroatoms. The van der Waals surface area contributed by atoms with Gasteiger partial charge in [-0.25, -0.2) is 4.68 Å². The lowest BCUT2D eigenvalue weighted by Crippen LogP contribution is -2.29. The fraction of sp³-hybridized carbons (Fsp3) is 0.0909. The number of hydrogen-bond acceptors (Lipinski definition) is 4. The van der Waals surface area contributed by atoms with Crippen molar-refractivity contribution in [1.29, 1.82) is 0 Å². The van der Waals surface area contributed by atoms with Crippen LogP contribution in [0.1, 0.15) is 21.7 Å². The highest BCUT2D eigenvalue weighted by atomic mass is 35.5. The molecular formula is C22H16Cl2N4O2. The van der Waals surface area contributed by atoms with Crippen LogP contribution in [0.3, 0.4) is 0 Å². The molecule has 0 spiro atoms. The minimum absolute atomic E-state index is 0.116. The maximum absolute atomic E-state index is 12.9. The van der Waals surface area contributed by atoms with E-state index in [0.717, 1.165) is 0 Å². The molecule has 4 rings (SSSR count). The summed E-state index contributed by atoms with van der Waals surface area (Å²) in [5.74, 6) is -0.379. The predicted molar refractivity (Wildman–Crippen MR) is 117 cm³/mol. The molecule has 0 fully saturated rings. The predicted octanol–water partition coefficient (Wildman–Crippen LogP) is 4.08. The molecule has 0 aliphatic heterocycles. The van der Waals surface area contributed by atoms with Gasteiger partial charge in [-0.15, -0.1) is 0 Å². The van der Waals surface area contributed by atoms with Crippen LogP contribution in [0.15, 0.2) is 71.7 Å². The van der Waals surface area contributed by atoms with Gasteiger partial charge in [-0.05, 0) is 36.4 Å². The minimum Gasteiger partial charge on any atom is -0.346 e. The van der Waals surface area contributed by atoms with Gasteiger partial charge in [0.05, 0.1) is 40.4 Å². The van der Waals surface area contributed by atoms with Crippen LogP contribution in [0, 0.1) is 0 Å². The quantitative estimate of drug-likeness (QED) is 0.509. The van der Waals surface area contributed by atoms with E-state index in [1.807, 2.05) is 30.3 Å². The molecule has 2 heterocycles. The standard InChI is InChI=1S/C22H16Cl2N4O2/c23-14-8-9-19(24)18(11-14)21(29)26-12-20-16-6-1-2-7-17(16)22(30)28(27-20)13-15-5-3-4-10-25-15/h1-11H,12-13H2,(H,26,29). The lowest BCUT2D eigenvalue weighted by atomic mass is 10.1. The lowest BCUT2D eigenvalue weighted by Gasteiger charge is -2.12. The van der Waals surface area contributed by atoms with Crippen LogP contribution in [0.4, 0.5) is 0 Å². The van der Waals surface area contributed by atoms with Crippen molar-refractivity contribution in [3.63, 3.8) is 0 Å². The van der Waals surface area contributed by atoms with E-state index < -0.39 is 0 Å². The van der Waals surface area contributed by atoms with Gasteiger partial charge in [0.15, 0.2) is 0 Å². The van der Waals surface area contributed by atoms with Crippen molar-refractivity contribution >= 4 is 39.9 Å². The van der Waals surface area contributed by atoms with Crippen molar-refractivity contribution in [2.24, 2.45) is 0 Å². The van der Waals surface area contributed by atoms with Gasteiger partial charge < -0.3 is 5.32 Å². The number of pyridine rings is 1. The van der Waals surface area contributed by atoms with Crippen molar-refractivity contribution in [2.75, 3.05) is 0 Å². The number of carbonyl (C=O) groups is 1. The molecule has 1 N–H and O–H groups in total. The second kappa shape index (κ2) is 8.65. The first-order valence-corrected chi connectivity index (χ1v) is 9.90. The van der Waals surface area contributed by atoms with Crippen LogP contribution in [0.2, 0.25) is 10.0 Å². The summed E-state index contributed by atoms with van der Waals surface area (Å²) in [5, 5.41) is 9.22. The van der Waals surface area contributed by atoms with Gasteiger partial charge >= 0.3 is 0 Å². The van der Waals surface area contributed by atoms with E-state index >= 15 is 0 Å². The molecule has 30 heavy (non-hydrogen) atoms. The zero-order chi connectivity index (χ0) is 21.1. The van der Waals surface area contributed by atoms with Crippen LogP contribution >= 0.6 is 23.2 Å². The average Bonchev–Trinajstić information content (AvgIpc) is 2.77. The van der Waals surface area contributed by atoms with Gasteiger partial charge in [0, 0.05) is 16.6 Å². The van der Waals surface area contributed by atoms with Crippen molar-refractivity contribution in [3.8, 4) is 0 Å². The largest absolute Gasteiger partial charge is 0.346 e. The molecule has 2 aromatic heterocycles. The Hall–Kier alpha value is -3.22. The van der Waals surface area contributed by atoms with Gasteiger partial charge in [-0.1, -0.05) is 47.5 Å². The Labute approximate surface area is 182 Å². The van der Waals surface area contributed by atoms with E-state index in [1.54, 1.807) is 30.5 Å². The SMILES string of the molecule is O=C(NCc1nn(Cc2ccccn2)c(=O)c2ccccc12)c1cc(Cl)ccc1Cl. The molecule has 0 atom stereocenters. The minimum atomic E-state index is -0.379. The Kier molecular flexibility index (Phi) is 5.79. The van der Waals surface area contributed by atoms with Gasteiger partial charge in [0.2, 0.25) is 0 Å². The zero-order valence-corrected chi connectivity index (χ0v) is 17.2. The van der Waals surface area contributed by atoms with Gasteiger partial charge in [0.1, 0.15) is 0 Å². The lowest BCUT2D eigenvalue weighted by molar-refractivity contribution is 0.0950. The Morgan fingerprint density at radius 2 is 1.77 bits per heavy atom. The Morgan fingerprint density at radius 3 is 2.53 bits per heavy atom. The van der Waals surface area contributed by atoms with Crippen LogP contribution in [0.25, 0.3) is 10.8 Å². The van der Waals surface area contributed by atoms with Crippen molar-refractivity contribution < 1.29 is 4.79 Å². The van der Waals surface area contributed by atoms with Gasteiger partial charge in [0.25, 0.3) is 11.5 Å². The van der Waals surface area contributed by atoms with Gasteiger partial charge in [-0.2, -0.15) is 5.10 Å². The number of halogens is 2. The number of amides is 1. The average molecular weight is 439 g/mol. The molecule has 150 valence electrons. The molecule has 0 aliphatic carbocycles. The maximum Gasteiger partial charge on any atom is 0.275 e. The van der Waals surface area contributed by atoms with E-state index in [1.165, 1.54) is 10.7 Å². The first-order chi connectivity index (χ1) is 14.5. The number of aromatic nitrogens is 3. The third-order valence-corrected chi connectivity index (χ3v) is 5.14. The fourth-order valence-corrected chi connectivity index (χ4v) is 3.49. The number of fused-ring (bicyclic) bond motifs is 1. The summed E-state index contributed by atoms with van der Waals surface area (Å²) in [4.78, 5) is 29.7. The van der Waals surface area contributed by atoms with Crippen molar-refractivity contribution in [2.45, 2.75) is 13.1 Å². The van der Waals surface area contributed by atoms with Crippen LogP contribution in [-0.4, -0.2) is 20.7 Å². The Bertz CT molecular complexity index is 1290. The third-order valence-electron chi connectivity index (χ3n) is 4.57. The molecule has 0 saturated carbocycles. The Balaban J connectivity index is 1.67. The topological polar surface area (TPSA) is 76.9 Å². The number of rotatable bonds is 5. The van der Waals surface area contributed by atoms with E-state index in [4.69, 9.17) is 23.2 Å². The number of benzene rings is 2. The van der Waals surface area contributed by atoms with E-state index in [2.05, 4.69) is 15.4 Å². The van der Waals surface area contributed by atoms with E-state index in [9.17, 15) is 9.59 Å². The maximum atomic E-state index is 12.9. The van der Waals surface area contributed by atoms with Crippen molar-refractivity contribution in [3.05, 3.63) is 104 Å². The number of hydrogen-bond donors (Lipinski definition) is 1. The smallest absolute Gasteiger partial charge is 0.275 e. The second-order valence-electron chi connectivity index (χ2n) is 6.58. The third kappa shape index (κ3) is 4.20. The Morgan fingerprint density at radius 1 is 1.00 bits per heavy atom. The molecule has 0 aliphatic rings. The molecule has 0 saturated heterocycles. The second-order valence-corrected chi connectivity index (χ2v) is 7.43. The fourth-order valence-electron chi connectivity index (χ4n) is 3.12. The summed E-state index contributed by atoms with van der Waals surface area (Å²) >= 11 is 12.1. The number of nitrogens with zero attached hydrogens (tertiary/aromatic N) is 3. The van der Waals surface area contributed by atoms with Crippen molar-refractivity contribution in [1.82, 2.24) is 20.1 Å². The molecule has 0 radical (unpaired) electrons. The molecule has 6 nitrogen and oxygen atoms in total. The molecule has 0 bridgehead atoms. The van der Waals surface area contributed by atoms with Crippen LogP contribution in [0.5, 0.6) is 0 Å². The first-order valence-electron chi connectivity index (χ1n) is 9.15. The summed E-state index contributed by atoms with van der Waals surface area (Å²) in [6, 6.07) is 17.3. The highest BCUT2D eigenvalue weighted by molar-refractivity contribution is 6.35. The molecule has 4 aromatic rings. The highest BCUT2D eigenvalue weighted by Crippen LogP contribution is 2.21. The van der Waals surface area contributed by atoms with Crippen LogP contribution < -0.4 is 10.9 Å². The molecule has 0 unspecified atom stereocenters. The van der Waals surface area contributed by atoms with Gasteiger partial charge in [-0.3, -0.25) is 14.6 Å². The summed E-state index contributed by atoms with van der Waals surface area (Å²) in [7, 11) is 0. The van der Waals surface area contributed by atoms with E-state index in [0.29, 0.717) is 32.2 Å². The monoisotopic (exact) mass is 438 g/mol. The number of nitrogens with one attached hydrogen (secondary N) is 1.